The lowest BCUT2D eigenvalue weighted by atomic mass is 10.3. The number of hydrogen-bond donors (Lipinski definition) is 0. The standard InChI is InChI=1S/C7H6N2O3S/c1-13-7-5(4-10)2-6(3-8-7)9(11)12/h2-4H,1H3. The van der Waals surface area contributed by atoms with Crippen LogP contribution in [0, 0.1) is 10.1 Å². The van der Waals surface area contributed by atoms with Crippen molar-refractivity contribution in [3.8, 4) is 0 Å². The average molecular weight is 198 g/mol. The van der Waals surface area contributed by atoms with Crippen molar-refractivity contribution in [1.29, 1.82) is 0 Å². The predicted molar refractivity (Wildman–Crippen MR) is 48.1 cm³/mol. The van der Waals surface area contributed by atoms with Gasteiger partial charge in [0.1, 0.15) is 11.2 Å². The molecule has 0 radical (unpaired) electrons. The highest BCUT2D eigenvalue weighted by Gasteiger charge is 2.10. The Bertz CT molecular complexity index is 354. The van der Waals surface area contributed by atoms with E-state index in [-0.39, 0.29) is 11.3 Å². The van der Waals surface area contributed by atoms with E-state index in [0.29, 0.717) is 11.3 Å². The van der Waals surface area contributed by atoms with E-state index in [9.17, 15) is 14.9 Å². The maximum atomic E-state index is 10.5. The summed E-state index contributed by atoms with van der Waals surface area (Å²) >= 11 is 1.28. The summed E-state index contributed by atoms with van der Waals surface area (Å²) in [6, 6.07) is 1.21. The lowest BCUT2D eigenvalue weighted by Crippen LogP contribution is -1.94. The number of carbonyl (C=O) groups excluding carboxylic acids is 1. The summed E-state index contributed by atoms with van der Waals surface area (Å²) in [5.74, 6) is 0. The third-order valence-electron chi connectivity index (χ3n) is 1.40. The first-order valence-corrected chi connectivity index (χ1v) is 4.55. The highest BCUT2D eigenvalue weighted by molar-refractivity contribution is 7.98. The third-order valence-corrected chi connectivity index (χ3v) is 2.12. The Labute approximate surface area is 78.3 Å². The SMILES string of the molecule is CSc1ncc([N+](=O)[O-])cc1C=O. The lowest BCUT2D eigenvalue weighted by molar-refractivity contribution is -0.385. The molecule has 0 aliphatic rings. The van der Waals surface area contributed by atoms with Crippen LogP contribution in [-0.2, 0) is 0 Å². The second-order valence-corrected chi connectivity index (χ2v) is 2.96. The molecule has 1 rings (SSSR count). The van der Waals surface area contributed by atoms with Crippen LogP contribution >= 0.6 is 11.8 Å². The zero-order valence-electron chi connectivity index (χ0n) is 6.76. The molecule has 0 aliphatic carbocycles. The van der Waals surface area contributed by atoms with Gasteiger partial charge in [0.05, 0.1) is 10.5 Å². The number of hydrogen-bond acceptors (Lipinski definition) is 5. The number of rotatable bonds is 3. The number of nitrogens with zero attached hydrogens (tertiary/aromatic N) is 2. The van der Waals surface area contributed by atoms with Crippen molar-refractivity contribution in [3.05, 3.63) is 27.9 Å². The van der Waals surface area contributed by atoms with Gasteiger partial charge in [0, 0.05) is 6.07 Å². The minimum atomic E-state index is -0.579. The molecule has 1 aromatic heterocycles. The quantitative estimate of drug-likeness (QED) is 0.318. The Hall–Kier alpha value is -1.43. The first-order chi connectivity index (χ1) is 6.19. The van der Waals surface area contributed by atoms with Crippen molar-refractivity contribution in [3.63, 3.8) is 0 Å². The van der Waals surface area contributed by atoms with Crippen LogP contribution in [0.15, 0.2) is 17.3 Å². The molecule has 0 aromatic carbocycles. The summed E-state index contributed by atoms with van der Waals surface area (Å²) in [7, 11) is 0. The van der Waals surface area contributed by atoms with E-state index < -0.39 is 4.92 Å². The fourth-order valence-electron chi connectivity index (χ4n) is 0.812. The van der Waals surface area contributed by atoms with Crippen LogP contribution in [0.25, 0.3) is 0 Å². The van der Waals surface area contributed by atoms with Crippen LogP contribution in [0.5, 0.6) is 0 Å². The summed E-state index contributed by atoms with van der Waals surface area (Å²) in [4.78, 5) is 24.0. The predicted octanol–water partition coefficient (Wildman–Crippen LogP) is 1.52. The topological polar surface area (TPSA) is 73.1 Å². The van der Waals surface area contributed by atoms with E-state index in [2.05, 4.69) is 4.98 Å². The van der Waals surface area contributed by atoms with Crippen LogP contribution in [0.1, 0.15) is 10.4 Å². The highest BCUT2D eigenvalue weighted by atomic mass is 32.2. The van der Waals surface area contributed by atoms with Crippen LogP contribution < -0.4 is 0 Å². The van der Waals surface area contributed by atoms with E-state index in [1.54, 1.807) is 6.26 Å². The van der Waals surface area contributed by atoms with Gasteiger partial charge in [0.15, 0.2) is 6.29 Å². The van der Waals surface area contributed by atoms with E-state index in [1.807, 2.05) is 0 Å². The molecular formula is C7H6N2O3S. The minimum Gasteiger partial charge on any atom is -0.298 e. The normalized spacial score (nSPS) is 9.62. The molecule has 0 N–H and O–H groups in total. The summed E-state index contributed by atoms with van der Waals surface area (Å²) in [5, 5.41) is 10.8. The van der Waals surface area contributed by atoms with Gasteiger partial charge >= 0.3 is 0 Å². The fraction of sp³-hybridized carbons (Fsp3) is 0.143. The molecule has 1 aromatic rings. The number of carbonyl (C=O) groups is 1. The fourth-order valence-corrected chi connectivity index (χ4v) is 1.31. The molecule has 0 saturated heterocycles. The summed E-state index contributed by atoms with van der Waals surface area (Å²) in [6.45, 7) is 0. The summed E-state index contributed by atoms with van der Waals surface area (Å²) < 4.78 is 0. The summed E-state index contributed by atoms with van der Waals surface area (Å²) in [6.07, 6.45) is 3.45. The van der Waals surface area contributed by atoms with Crippen molar-refractivity contribution in [2.45, 2.75) is 5.03 Å². The van der Waals surface area contributed by atoms with Gasteiger partial charge in [-0.2, -0.15) is 0 Å². The molecular weight excluding hydrogens is 192 g/mol. The molecule has 1 heterocycles. The van der Waals surface area contributed by atoms with E-state index in [0.717, 1.165) is 6.20 Å². The second kappa shape index (κ2) is 3.99. The Balaban J connectivity index is 3.20. The summed E-state index contributed by atoms with van der Waals surface area (Å²) in [5.41, 5.74) is 0.0848. The van der Waals surface area contributed by atoms with Crippen molar-refractivity contribution in [2.24, 2.45) is 0 Å². The maximum Gasteiger partial charge on any atom is 0.288 e. The van der Waals surface area contributed by atoms with Crippen molar-refractivity contribution in [2.75, 3.05) is 6.26 Å². The van der Waals surface area contributed by atoms with Crippen LogP contribution in [-0.4, -0.2) is 22.4 Å². The van der Waals surface area contributed by atoms with Gasteiger partial charge in [-0.15, -0.1) is 11.8 Å². The van der Waals surface area contributed by atoms with Crippen LogP contribution in [0.4, 0.5) is 5.69 Å². The zero-order valence-corrected chi connectivity index (χ0v) is 7.58. The van der Waals surface area contributed by atoms with Gasteiger partial charge in [-0.3, -0.25) is 14.9 Å². The van der Waals surface area contributed by atoms with Crippen molar-refractivity contribution in [1.82, 2.24) is 4.98 Å². The van der Waals surface area contributed by atoms with Gasteiger partial charge in [-0.1, -0.05) is 0 Å². The smallest absolute Gasteiger partial charge is 0.288 e. The Kier molecular flexibility index (Phi) is 2.97. The van der Waals surface area contributed by atoms with Gasteiger partial charge in [-0.05, 0) is 6.26 Å². The number of aromatic nitrogens is 1. The Morgan fingerprint density at radius 1 is 1.69 bits per heavy atom. The second-order valence-electron chi connectivity index (χ2n) is 2.17. The molecule has 0 fully saturated rings. The first-order valence-electron chi connectivity index (χ1n) is 3.32. The molecule has 0 aliphatic heterocycles. The number of nitro groups is 1. The Morgan fingerprint density at radius 2 is 2.38 bits per heavy atom. The molecule has 0 atom stereocenters. The highest BCUT2D eigenvalue weighted by Crippen LogP contribution is 2.20. The molecule has 5 nitrogen and oxygen atoms in total. The molecule has 0 spiro atoms. The van der Waals surface area contributed by atoms with E-state index in [4.69, 9.17) is 0 Å². The number of aldehydes is 1. The Morgan fingerprint density at radius 3 is 2.85 bits per heavy atom. The molecule has 6 heteroatoms. The largest absolute Gasteiger partial charge is 0.298 e. The van der Waals surface area contributed by atoms with Gasteiger partial charge < -0.3 is 0 Å². The third kappa shape index (κ3) is 2.03. The molecule has 0 saturated carbocycles. The van der Waals surface area contributed by atoms with Crippen LogP contribution in [0.3, 0.4) is 0 Å². The molecule has 0 bridgehead atoms. The van der Waals surface area contributed by atoms with Crippen molar-refractivity contribution >= 4 is 23.7 Å². The number of pyridine rings is 1. The van der Waals surface area contributed by atoms with Gasteiger partial charge in [-0.25, -0.2) is 4.98 Å². The zero-order chi connectivity index (χ0) is 9.84. The lowest BCUT2D eigenvalue weighted by Gasteiger charge is -1.98. The maximum absolute atomic E-state index is 10.5. The average Bonchev–Trinajstić information content (AvgIpc) is 2.16. The minimum absolute atomic E-state index is 0.167. The molecule has 0 amide bonds. The first kappa shape index (κ1) is 9.66. The van der Waals surface area contributed by atoms with Crippen LogP contribution in [0.2, 0.25) is 0 Å². The van der Waals surface area contributed by atoms with Crippen molar-refractivity contribution < 1.29 is 9.72 Å². The molecule has 13 heavy (non-hydrogen) atoms. The molecule has 68 valence electrons. The van der Waals surface area contributed by atoms with Gasteiger partial charge in [0.25, 0.3) is 5.69 Å². The van der Waals surface area contributed by atoms with E-state index in [1.165, 1.54) is 17.8 Å². The monoisotopic (exact) mass is 198 g/mol. The van der Waals surface area contributed by atoms with E-state index >= 15 is 0 Å². The molecule has 0 unspecified atom stereocenters. The number of thioether (sulfide) groups is 1. The van der Waals surface area contributed by atoms with Gasteiger partial charge in [0.2, 0.25) is 0 Å².